The van der Waals surface area contributed by atoms with Gasteiger partial charge in [0.25, 0.3) is 0 Å². The van der Waals surface area contributed by atoms with E-state index in [0.717, 1.165) is 23.5 Å². The molecular weight excluding hydrogens is 364 g/mol. The normalized spacial score (nSPS) is 12.3. The van der Waals surface area contributed by atoms with E-state index in [4.69, 9.17) is 0 Å². The number of hydrogen-bond donors (Lipinski definition) is 0. The number of halogens is 2. The highest BCUT2D eigenvalue weighted by Crippen LogP contribution is 2.31. The molecule has 0 radical (unpaired) electrons. The molecule has 2 heteroatoms. The summed E-state index contributed by atoms with van der Waals surface area (Å²) in [5.74, 6) is 0.482. The monoisotopic (exact) mass is 380 g/mol. The van der Waals surface area contributed by atoms with Gasteiger partial charge in [0.05, 0.1) is 0 Å². The second-order valence-electron chi connectivity index (χ2n) is 4.58. The number of aryl methyl sites for hydroxylation is 1. The topological polar surface area (TPSA) is 0 Å². The van der Waals surface area contributed by atoms with Crippen molar-refractivity contribution in [2.24, 2.45) is 0 Å². The molecular formula is C17H18Br2. The van der Waals surface area contributed by atoms with Gasteiger partial charge in [0.2, 0.25) is 0 Å². The summed E-state index contributed by atoms with van der Waals surface area (Å²) in [6.07, 6.45) is 2.21. The molecule has 0 nitrogen and oxygen atoms in total. The van der Waals surface area contributed by atoms with Gasteiger partial charge in [-0.15, -0.1) is 0 Å². The molecule has 19 heavy (non-hydrogen) atoms. The van der Waals surface area contributed by atoms with Gasteiger partial charge in [-0.3, -0.25) is 0 Å². The predicted octanol–water partition coefficient (Wildman–Crippen LogP) is 5.54. The van der Waals surface area contributed by atoms with Crippen molar-refractivity contribution < 1.29 is 0 Å². The average Bonchev–Trinajstić information content (AvgIpc) is 2.47. The number of alkyl halides is 2. The van der Waals surface area contributed by atoms with Crippen LogP contribution in [0.5, 0.6) is 0 Å². The number of rotatable bonds is 6. The van der Waals surface area contributed by atoms with Crippen LogP contribution < -0.4 is 0 Å². The van der Waals surface area contributed by atoms with E-state index in [1.807, 2.05) is 0 Å². The van der Waals surface area contributed by atoms with E-state index in [0.29, 0.717) is 5.92 Å². The maximum absolute atomic E-state index is 3.60. The summed E-state index contributed by atoms with van der Waals surface area (Å²) in [4.78, 5) is 0. The summed E-state index contributed by atoms with van der Waals surface area (Å²) in [6, 6.07) is 19.6. The second-order valence-corrected chi connectivity index (χ2v) is 6.16. The van der Waals surface area contributed by atoms with Gasteiger partial charge < -0.3 is 0 Å². The Morgan fingerprint density at radius 1 is 0.789 bits per heavy atom. The van der Waals surface area contributed by atoms with Crippen molar-refractivity contribution in [3.05, 3.63) is 71.3 Å². The van der Waals surface area contributed by atoms with E-state index in [-0.39, 0.29) is 0 Å². The second kappa shape index (κ2) is 7.86. The molecule has 0 aliphatic heterocycles. The van der Waals surface area contributed by atoms with E-state index < -0.39 is 0 Å². The smallest absolute Gasteiger partial charge is 0.01000 e. The van der Waals surface area contributed by atoms with Crippen LogP contribution in [-0.2, 0) is 6.42 Å². The standard InChI is InChI=1S/C17H18Br2/c18-12-10-15-8-4-5-9-16(15)17(11-13-19)14-6-2-1-3-7-14/h1-9,17H,10-13H2. The van der Waals surface area contributed by atoms with Crippen LogP contribution in [-0.4, -0.2) is 10.7 Å². The maximum atomic E-state index is 3.60. The van der Waals surface area contributed by atoms with Crippen molar-refractivity contribution in [3.8, 4) is 0 Å². The molecule has 2 rings (SSSR count). The summed E-state index contributed by atoms with van der Waals surface area (Å²) in [7, 11) is 0. The fraction of sp³-hybridized carbons (Fsp3) is 0.294. The molecule has 0 aliphatic rings. The van der Waals surface area contributed by atoms with Crippen molar-refractivity contribution in [2.75, 3.05) is 10.7 Å². The summed E-state index contributed by atoms with van der Waals surface area (Å²) in [6.45, 7) is 0. The highest BCUT2D eigenvalue weighted by molar-refractivity contribution is 9.09. The number of benzene rings is 2. The lowest BCUT2D eigenvalue weighted by Crippen LogP contribution is -2.06. The molecule has 2 aromatic rings. The van der Waals surface area contributed by atoms with Gasteiger partial charge in [0.15, 0.2) is 0 Å². The minimum atomic E-state index is 0.482. The van der Waals surface area contributed by atoms with E-state index in [9.17, 15) is 0 Å². The molecule has 0 fully saturated rings. The zero-order valence-corrected chi connectivity index (χ0v) is 14.0. The van der Waals surface area contributed by atoms with Crippen molar-refractivity contribution in [1.29, 1.82) is 0 Å². The third-order valence-corrected chi connectivity index (χ3v) is 4.25. The van der Waals surface area contributed by atoms with Crippen molar-refractivity contribution in [1.82, 2.24) is 0 Å². The van der Waals surface area contributed by atoms with Gasteiger partial charge in [-0.05, 0) is 29.5 Å². The quantitative estimate of drug-likeness (QED) is 0.576. The van der Waals surface area contributed by atoms with Crippen LogP contribution in [0.1, 0.15) is 29.0 Å². The highest BCUT2D eigenvalue weighted by atomic mass is 79.9. The summed E-state index contributed by atoms with van der Waals surface area (Å²) in [5.41, 5.74) is 4.32. The molecule has 0 bridgehead atoms. The molecule has 100 valence electrons. The van der Waals surface area contributed by atoms with Crippen LogP contribution in [0.2, 0.25) is 0 Å². The molecule has 0 spiro atoms. The Morgan fingerprint density at radius 2 is 1.47 bits per heavy atom. The predicted molar refractivity (Wildman–Crippen MR) is 90.6 cm³/mol. The zero-order valence-electron chi connectivity index (χ0n) is 10.9. The summed E-state index contributed by atoms with van der Waals surface area (Å²) in [5, 5.41) is 2.04. The first-order chi connectivity index (χ1) is 9.36. The Hall–Kier alpha value is -0.600. The molecule has 0 saturated heterocycles. The zero-order chi connectivity index (χ0) is 13.5. The fourth-order valence-corrected chi connectivity index (χ4v) is 3.38. The van der Waals surface area contributed by atoms with Crippen LogP contribution in [0, 0.1) is 0 Å². The third kappa shape index (κ3) is 3.93. The van der Waals surface area contributed by atoms with E-state index in [1.54, 1.807) is 0 Å². The summed E-state index contributed by atoms with van der Waals surface area (Å²) < 4.78 is 0. The molecule has 0 aliphatic carbocycles. The minimum Gasteiger partial charge on any atom is -0.0928 e. The molecule has 0 aromatic heterocycles. The molecule has 0 N–H and O–H groups in total. The Kier molecular flexibility index (Phi) is 6.12. The molecule has 0 amide bonds. The molecule has 1 atom stereocenters. The van der Waals surface area contributed by atoms with E-state index >= 15 is 0 Å². The lowest BCUT2D eigenvalue weighted by Gasteiger charge is -2.20. The number of hydrogen-bond acceptors (Lipinski definition) is 0. The maximum Gasteiger partial charge on any atom is 0.01000 e. The van der Waals surface area contributed by atoms with Crippen LogP contribution >= 0.6 is 31.9 Å². The first kappa shape index (κ1) is 14.8. The lowest BCUT2D eigenvalue weighted by molar-refractivity contribution is 0.777. The van der Waals surface area contributed by atoms with Gasteiger partial charge in [-0.1, -0.05) is 86.5 Å². The first-order valence-corrected chi connectivity index (χ1v) is 8.85. The first-order valence-electron chi connectivity index (χ1n) is 6.61. The largest absolute Gasteiger partial charge is 0.0928 e. The SMILES string of the molecule is BrCCc1ccccc1C(CCBr)c1ccccc1. The molecule has 1 unspecified atom stereocenters. The van der Waals surface area contributed by atoms with Crippen LogP contribution in [0.25, 0.3) is 0 Å². The van der Waals surface area contributed by atoms with Crippen LogP contribution in [0.3, 0.4) is 0 Å². The van der Waals surface area contributed by atoms with Crippen molar-refractivity contribution in [2.45, 2.75) is 18.8 Å². The Bertz CT molecular complexity index is 494. The highest BCUT2D eigenvalue weighted by Gasteiger charge is 2.16. The van der Waals surface area contributed by atoms with Gasteiger partial charge in [-0.25, -0.2) is 0 Å². The Balaban J connectivity index is 2.39. The van der Waals surface area contributed by atoms with Crippen LogP contribution in [0.4, 0.5) is 0 Å². The average molecular weight is 382 g/mol. The molecule has 2 aromatic carbocycles. The van der Waals surface area contributed by atoms with Crippen molar-refractivity contribution >= 4 is 31.9 Å². The Labute approximate surface area is 132 Å². The lowest BCUT2D eigenvalue weighted by atomic mass is 9.85. The Morgan fingerprint density at radius 3 is 2.16 bits per heavy atom. The molecule has 0 heterocycles. The van der Waals surface area contributed by atoms with E-state index in [1.165, 1.54) is 16.7 Å². The third-order valence-electron chi connectivity index (χ3n) is 3.39. The fourth-order valence-electron chi connectivity index (χ4n) is 2.50. The summed E-state index contributed by atoms with van der Waals surface area (Å²) >= 11 is 7.15. The van der Waals surface area contributed by atoms with E-state index in [2.05, 4.69) is 86.5 Å². The van der Waals surface area contributed by atoms with Crippen molar-refractivity contribution in [3.63, 3.8) is 0 Å². The van der Waals surface area contributed by atoms with Gasteiger partial charge in [-0.2, -0.15) is 0 Å². The minimum absolute atomic E-state index is 0.482. The van der Waals surface area contributed by atoms with Gasteiger partial charge in [0.1, 0.15) is 0 Å². The van der Waals surface area contributed by atoms with Gasteiger partial charge in [0, 0.05) is 16.6 Å². The van der Waals surface area contributed by atoms with Crippen LogP contribution in [0.15, 0.2) is 54.6 Å². The van der Waals surface area contributed by atoms with Gasteiger partial charge >= 0.3 is 0 Å². The molecule has 0 saturated carbocycles.